The summed E-state index contributed by atoms with van der Waals surface area (Å²) in [7, 11) is 0. The number of carbonyl (C=O) groups is 1. The van der Waals surface area contributed by atoms with E-state index < -0.39 is 24.3 Å². The molecule has 1 N–H and O–H groups in total. The van der Waals surface area contributed by atoms with Gasteiger partial charge in [-0.3, -0.25) is 0 Å². The van der Waals surface area contributed by atoms with E-state index in [1.54, 1.807) is 6.08 Å². The molecule has 0 aliphatic carbocycles. The number of nitrogens with one attached hydrogen (secondary N) is 1. The highest BCUT2D eigenvalue weighted by Gasteiger charge is 2.32. The van der Waals surface area contributed by atoms with Crippen molar-refractivity contribution in [2.24, 2.45) is 0 Å². The van der Waals surface area contributed by atoms with Crippen molar-refractivity contribution >= 4 is 6.09 Å². The van der Waals surface area contributed by atoms with Crippen LogP contribution < -0.4 is 5.32 Å². The standard InChI is InChI=1S/C35H37NO5/c1-2-33(39-24-29-17-9-4-10-18-29)34(40-25-30-19-11-5-12-20-30)32(27-38-23-28-15-7-3-8-16-28)36-35(37)41-26-31-21-13-6-14-22-31/h2-22,32-34H,1,23-27H2,(H,36,37)/t32-,33-,34-/m1/s1. The van der Waals surface area contributed by atoms with Gasteiger partial charge in [0, 0.05) is 0 Å². The van der Waals surface area contributed by atoms with Gasteiger partial charge >= 0.3 is 6.09 Å². The Balaban J connectivity index is 1.51. The maximum absolute atomic E-state index is 13.0. The van der Waals surface area contributed by atoms with Crippen LogP contribution in [0.1, 0.15) is 22.3 Å². The molecule has 0 radical (unpaired) electrons. The second kappa shape index (κ2) is 16.8. The van der Waals surface area contributed by atoms with Gasteiger partial charge in [-0.25, -0.2) is 4.79 Å². The molecular formula is C35H37NO5. The van der Waals surface area contributed by atoms with Gasteiger partial charge in [-0.15, -0.1) is 6.58 Å². The minimum Gasteiger partial charge on any atom is -0.445 e. The fourth-order valence-corrected chi connectivity index (χ4v) is 4.28. The summed E-state index contributed by atoms with van der Waals surface area (Å²) in [6, 6.07) is 38.6. The van der Waals surface area contributed by atoms with Gasteiger partial charge in [0.15, 0.2) is 0 Å². The molecule has 0 aromatic heterocycles. The predicted molar refractivity (Wildman–Crippen MR) is 160 cm³/mol. The van der Waals surface area contributed by atoms with Crippen LogP contribution in [0.5, 0.6) is 0 Å². The van der Waals surface area contributed by atoms with E-state index in [1.165, 1.54) is 0 Å². The summed E-state index contributed by atoms with van der Waals surface area (Å²) in [6.07, 6.45) is -0.0174. The van der Waals surface area contributed by atoms with Gasteiger partial charge in [-0.1, -0.05) is 127 Å². The largest absolute Gasteiger partial charge is 0.445 e. The lowest BCUT2D eigenvalue weighted by atomic mass is 10.0. The summed E-state index contributed by atoms with van der Waals surface area (Å²) in [6.45, 7) is 5.41. The van der Waals surface area contributed by atoms with Crippen molar-refractivity contribution in [3.05, 3.63) is 156 Å². The highest BCUT2D eigenvalue weighted by molar-refractivity contribution is 5.67. The summed E-state index contributed by atoms with van der Waals surface area (Å²) in [5.41, 5.74) is 3.94. The van der Waals surface area contributed by atoms with Gasteiger partial charge in [0.05, 0.1) is 32.5 Å². The summed E-state index contributed by atoms with van der Waals surface area (Å²) < 4.78 is 24.4. The van der Waals surface area contributed by atoms with Gasteiger partial charge < -0.3 is 24.3 Å². The Morgan fingerprint density at radius 1 is 0.634 bits per heavy atom. The van der Waals surface area contributed by atoms with Crippen LogP contribution in [0.2, 0.25) is 0 Å². The van der Waals surface area contributed by atoms with E-state index >= 15 is 0 Å². The Morgan fingerprint density at radius 2 is 1.07 bits per heavy atom. The van der Waals surface area contributed by atoms with Crippen molar-refractivity contribution in [3.63, 3.8) is 0 Å². The molecule has 0 bridgehead atoms. The van der Waals surface area contributed by atoms with E-state index in [1.807, 2.05) is 121 Å². The number of carbonyl (C=O) groups excluding carboxylic acids is 1. The van der Waals surface area contributed by atoms with E-state index in [9.17, 15) is 4.79 Å². The Morgan fingerprint density at radius 3 is 1.56 bits per heavy atom. The Bertz CT molecular complexity index is 1290. The van der Waals surface area contributed by atoms with Crippen molar-refractivity contribution in [1.82, 2.24) is 5.32 Å². The molecule has 0 heterocycles. The van der Waals surface area contributed by atoms with Crippen LogP contribution in [0.15, 0.2) is 134 Å². The van der Waals surface area contributed by atoms with Crippen molar-refractivity contribution in [1.29, 1.82) is 0 Å². The number of rotatable bonds is 16. The zero-order chi connectivity index (χ0) is 28.5. The molecule has 3 atom stereocenters. The summed E-state index contributed by atoms with van der Waals surface area (Å²) in [5.74, 6) is 0. The SMILES string of the molecule is C=C[C@@H](OCc1ccccc1)[C@H](OCc1ccccc1)[C@@H](COCc1ccccc1)NC(=O)OCc1ccccc1. The topological polar surface area (TPSA) is 66.0 Å². The van der Waals surface area contributed by atoms with Crippen LogP contribution >= 0.6 is 0 Å². The molecule has 0 saturated heterocycles. The summed E-state index contributed by atoms with van der Waals surface area (Å²) >= 11 is 0. The molecule has 0 saturated carbocycles. The second-order valence-corrected chi connectivity index (χ2v) is 9.57. The van der Waals surface area contributed by atoms with Gasteiger partial charge in [-0.05, 0) is 22.3 Å². The first-order valence-corrected chi connectivity index (χ1v) is 13.7. The third-order valence-electron chi connectivity index (χ3n) is 6.45. The molecular weight excluding hydrogens is 514 g/mol. The second-order valence-electron chi connectivity index (χ2n) is 9.57. The van der Waals surface area contributed by atoms with E-state index in [0.29, 0.717) is 19.8 Å². The van der Waals surface area contributed by atoms with Crippen molar-refractivity contribution in [2.75, 3.05) is 6.61 Å². The lowest BCUT2D eigenvalue weighted by Crippen LogP contribution is -2.52. The van der Waals surface area contributed by atoms with Gasteiger partial charge in [0.2, 0.25) is 0 Å². The quantitative estimate of drug-likeness (QED) is 0.154. The molecule has 0 aliphatic rings. The van der Waals surface area contributed by atoms with E-state index in [4.69, 9.17) is 18.9 Å². The first-order valence-electron chi connectivity index (χ1n) is 13.7. The van der Waals surface area contributed by atoms with Crippen LogP contribution in [-0.2, 0) is 45.4 Å². The molecule has 4 rings (SSSR count). The molecule has 4 aromatic carbocycles. The van der Waals surface area contributed by atoms with Gasteiger partial charge in [-0.2, -0.15) is 0 Å². The number of ether oxygens (including phenoxy) is 4. The third-order valence-corrected chi connectivity index (χ3v) is 6.45. The van der Waals surface area contributed by atoms with Crippen molar-refractivity contribution < 1.29 is 23.7 Å². The molecule has 0 unspecified atom stereocenters. The van der Waals surface area contributed by atoms with Crippen LogP contribution in [0.25, 0.3) is 0 Å². The number of hydrogen-bond donors (Lipinski definition) is 1. The average molecular weight is 552 g/mol. The van der Waals surface area contributed by atoms with Crippen molar-refractivity contribution in [3.8, 4) is 0 Å². The summed E-state index contributed by atoms with van der Waals surface area (Å²) in [4.78, 5) is 13.0. The molecule has 1 amide bonds. The smallest absolute Gasteiger partial charge is 0.407 e. The first-order chi connectivity index (χ1) is 20.2. The third kappa shape index (κ3) is 10.4. The fraction of sp³-hybridized carbons (Fsp3) is 0.229. The van der Waals surface area contributed by atoms with E-state index in [-0.39, 0.29) is 13.2 Å². The van der Waals surface area contributed by atoms with Crippen LogP contribution in [-0.4, -0.2) is 30.9 Å². The Labute approximate surface area is 242 Å². The fourth-order valence-electron chi connectivity index (χ4n) is 4.28. The Kier molecular flexibility index (Phi) is 12.2. The van der Waals surface area contributed by atoms with Crippen LogP contribution in [0, 0.1) is 0 Å². The van der Waals surface area contributed by atoms with E-state index in [2.05, 4.69) is 11.9 Å². The predicted octanol–water partition coefficient (Wildman–Crippen LogP) is 6.86. The van der Waals surface area contributed by atoms with Crippen molar-refractivity contribution in [2.45, 2.75) is 44.7 Å². The lowest BCUT2D eigenvalue weighted by molar-refractivity contribution is -0.0916. The monoisotopic (exact) mass is 551 g/mol. The zero-order valence-electron chi connectivity index (χ0n) is 23.1. The summed E-state index contributed by atoms with van der Waals surface area (Å²) in [5, 5.41) is 2.98. The molecule has 0 fully saturated rings. The molecule has 0 aliphatic heterocycles. The molecule has 6 heteroatoms. The maximum Gasteiger partial charge on any atom is 0.407 e. The minimum absolute atomic E-state index is 0.148. The van der Waals surface area contributed by atoms with Crippen LogP contribution in [0.4, 0.5) is 4.79 Å². The van der Waals surface area contributed by atoms with Gasteiger partial charge in [0.1, 0.15) is 18.8 Å². The number of alkyl carbamates (subject to hydrolysis) is 1. The molecule has 41 heavy (non-hydrogen) atoms. The number of benzene rings is 4. The van der Waals surface area contributed by atoms with Gasteiger partial charge in [0.25, 0.3) is 0 Å². The van der Waals surface area contributed by atoms with Crippen LogP contribution in [0.3, 0.4) is 0 Å². The maximum atomic E-state index is 13.0. The molecule has 212 valence electrons. The zero-order valence-corrected chi connectivity index (χ0v) is 23.1. The first kappa shape index (κ1) is 29.7. The highest BCUT2D eigenvalue weighted by Crippen LogP contribution is 2.18. The highest BCUT2D eigenvalue weighted by atomic mass is 16.6. The normalized spacial score (nSPS) is 13.1. The lowest BCUT2D eigenvalue weighted by Gasteiger charge is -2.32. The van der Waals surface area contributed by atoms with E-state index in [0.717, 1.165) is 22.3 Å². The number of amides is 1. The minimum atomic E-state index is -0.614. The molecule has 0 spiro atoms. The Hall–Kier alpha value is -4.23. The molecule has 6 nitrogen and oxygen atoms in total. The molecule has 4 aromatic rings. The number of hydrogen-bond acceptors (Lipinski definition) is 5. The average Bonchev–Trinajstić information content (AvgIpc) is 3.03.